The summed E-state index contributed by atoms with van der Waals surface area (Å²) in [5.74, 6) is 0.720. The number of hydrogen-bond donors (Lipinski definition) is 0. The summed E-state index contributed by atoms with van der Waals surface area (Å²) in [5.41, 5.74) is 4.38. The van der Waals surface area contributed by atoms with Crippen molar-refractivity contribution in [3.8, 4) is 0 Å². The second kappa shape index (κ2) is 4.52. The monoisotopic (exact) mass is 220 g/mol. The molecule has 0 aromatic heterocycles. The van der Waals surface area contributed by atoms with Crippen LogP contribution in [0.4, 0.5) is 0 Å². The number of benzene rings is 1. The molecule has 15 heavy (non-hydrogen) atoms. The average Bonchev–Trinajstić information content (AvgIpc) is 1.99. The van der Waals surface area contributed by atoms with E-state index in [0.29, 0.717) is 0 Å². The fourth-order valence-electron chi connectivity index (χ4n) is 2.41. The van der Waals surface area contributed by atoms with Crippen LogP contribution in [0.3, 0.4) is 0 Å². The number of hydrogen-bond acceptors (Lipinski definition) is 0. The summed E-state index contributed by atoms with van der Waals surface area (Å²) in [6, 6.07) is 8.24. The van der Waals surface area contributed by atoms with Crippen LogP contribution in [0.5, 0.6) is 0 Å². The maximum absolute atomic E-state index is 2.45. The summed E-state index contributed by atoms with van der Waals surface area (Å²) in [5, 5.41) is 0. The van der Waals surface area contributed by atoms with Crippen molar-refractivity contribution >= 4 is 8.07 Å². The summed E-state index contributed by atoms with van der Waals surface area (Å²) in [6.45, 7) is 14.1. The van der Waals surface area contributed by atoms with Gasteiger partial charge in [0.15, 0.2) is 0 Å². The lowest BCUT2D eigenvalue weighted by molar-refractivity contribution is 0.835. The SMILES string of the molecule is Cc1ccc(C(C)C[Si](C)(C)C)c(C)c1. The summed E-state index contributed by atoms with van der Waals surface area (Å²) in [4.78, 5) is 0. The van der Waals surface area contributed by atoms with Gasteiger partial charge in [-0.25, -0.2) is 0 Å². The zero-order chi connectivity index (χ0) is 11.6. The first kappa shape index (κ1) is 12.5. The van der Waals surface area contributed by atoms with Crippen molar-refractivity contribution in [3.05, 3.63) is 34.9 Å². The highest BCUT2D eigenvalue weighted by Crippen LogP contribution is 2.28. The van der Waals surface area contributed by atoms with E-state index in [-0.39, 0.29) is 0 Å². The Balaban J connectivity index is 2.87. The molecule has 0 saturated heterocycles. The Morgan fingerprint density at radius 1 is 1.13 bits per heavy atom. The molecule has 0 heterocycles. The van der Waals surface area contributed by atoms with E-state index in [1.807, 2.05) is 0 Å². The lowest BCUT2D eigenvalue weighted by atomic mass is 9.96. The van der Waals surface area contributed by atoms with Gasteiger partial charge in [-0.05, 0) is 30.9 Å². The molecule has 0 spiro atoms. The second-order valence-electron chi connectivity index (χ2n) is 6.03. The van der Waals surface area contributed by atoms with E-state index in [4.69, 9.17) is 0 Å². The van der Waals surface area contributed by atoms with Gasteiger partial charge in [-0.15, -0.1) is 0 Å². The lowest BCUT2D eigenvalue weighted by Gasteiger charge is -2.23. The van der Waals surface area contributed by atoms with Gasteiger partial charge in [0.2, 0.25) is 0 Å². The summed E-state index contributed by atoms with van der Waals surface area (Å²) in [6.07, 6.45) is 0. The Hall–Kier alpha value is -0.563. The van der Waals surface area contributed by atoms with Crippen molar-refractivity contribution < 1.29 is 0 Å². The van der Waals surface area contributed by atoms with Crippen LogP contribution in [0.2, 0.25) is 25.7 Å². The maximum atomic E-state index is 2.45. The van der Waals surface area contributed by atoms with Crippen LogP contribution in [0, 0.1) is 13.8 Å². The molecule has 0 bridgehead atoms. The van der Waals surface area contributed by atoms with Gasteiger partial charge in [-0.1, -0.05) is 56.4 Å². The van der Waals surface area contributed by atoms with E-state index >= 15 is 0 Å². The van der Waals surface area contributed by atoms with E-state index in [1.54, 1.807) is 5.56 Å². The molecular formula is C14H24Si. The number of rotatable bonds is 3. The molecule has 1 rings (SSSR count). The third-order valence-corrected chi connectivity index (χ3v) is 4.71. The minimum absolute atomic E-state index is 0.720. The Bertz CT molecular complexity index is 334. The zero-order valence-electron chi connectivity index (χ0n) is 11.0. The van der Waals surface area contributed by atoms with E-state index in [2.05, 4.69) is 58.6 Å². The van der Waals surface area contributed by atoms with Crippen molar-refractivity contribution in [1.82, 2.24) is 0 Å². The molecule has 1 heteroatoms. The second-order valence-corrected chi connectivity index (χ2v) is 11.6. The van der Waals surface area contributed by atoms with Crippen molar-refractivity contribution in [1.29, 1.82) is 0 Å². The van der Waals surface area contributed by atoms with Crippen LogP contribution in [-0.2, 0) is 0 Å². The van der Waals surface area contributed by atoms with Crippen LogP contribution in [0.1, 0.15) is 29.5 Å². The molecule has 0 aliphatic heterocycles. The fourth-order valence-corrected chi connectivity index (χ4v) is 4.46. The van der Waals surface area contributed by atoms with Crippen LogP contribution in [0.25, 0.3) is 0 Å². The topological polar surface area (TPSA) is 0 Å². The average molecular weight is 220 g/mol. The third kappa shape index (κ3) is 3.82. The standard InChI is InChI=1S/C14H24Si/c1-11-7-8-14(12(2)9-11)13(3)10-15(4,5)6/h7-9,13H,10H2,1-6H3. The molecule has 84 valence electrons. The Labute approximate surface area is 95.7 Å². The molecule has 1 atom stereocenters. The van der Waals surface area contributed by atoms with Gasteiger partial charge in [0.05, 0.1) is 0 Å². The highest BCUT2D eigenvalue weighted by Gasteiger charge is 2.19. The molecular weight excluding hydrogens is 196 g/mol. The minimum atomic E-state index is -0.940. The third-order valence-electron chi connectivity index (χ3n) is 2.87. The first-order valence-corrected chi connectivity index (χ1v) is 9.57. The van der Waals surface area contributed by atoms with E-state index in [1.165, 1.54) is 17.2 Å². The van der Waals surface area contributed by atoms with Gasteiger partial charge < -0.3 is 0 Å². The predicted molar refractivity (Wildman–Crippen MR) is 72.5 cm³/mol. The molecule has 1 unspecified atom stereocenters. The van der Waals surface area contributed by atoms with Gasteiger partial charge in [0.25, 0.3) is 0 Å². The van der Waals surface area contributed by atoms with Crippen molar-refractivity contribution in [2.75, 3.05) is 0 Å². The fraction of sp³-hybridized carbons (Fsp3) is 0.571. The lowest BCUT2D eigenvalue weighted by Crippen LogP contribution is -2.22. The van der Waals surface area contributed by atoms with E-state index < -0.39 is 8.07 Å². The van der Waals surface area contributed by atoms with Crippen LogP contribution in [0.15, 0.2) is 18.2 Å². The van der Waals surface area contributed by atoms with Crippen molar-refractivity contribution in [2.24, 2.45) is 0 Å². The van der Waals surface area contributed by atoms with Gasteiger partial charge >= 0.3 is 0 Å². The van der Waals surface area contributed by atoms with E-state index in [9.17, 15) is 0 Å². The van der Waals surface area contributed by atoms with Gasteiger partial charge in [-0.3, -0.25) is 0 Å². The van der Waals surface area contributed by atoms with Gasteiger partial charge in [-0.2, -0.15) is 0 Å². The highest BCUT2D eigenvalue weighted by atomic mass is 28.3. The highest BCUT2D eigenvalue weighted by molar-refractivity contribution is 6.76. The molecule has 0 saturated carbocycles. The molecule has 0 nitrogen and oxygen atoms in total. The Morgan fingerprint density at radius 2 is 1.73 bits per heavy atom. The molecule has 0 amide bonds. The molecule has 0 N–H and O–H groups in total. The molecule has 0 fully saturated rings. The maximum Gasteiger partial charge on any atom is 0.0448 e. The summed E-state index contributed by atoms with van der Waals surface area (Å²) in [7, 11) is -0.940. The van der Waals surface area contributed by atoms with Crippen LogP contribution in [-0.4, -0.2) is 8.07 Å². The summed E-state index contributed by atoms with van der Waals surface area (Å²) >= 11 is 0. The Morgan fingerprint density at radius 3 is 2.20 bits per heavy atom. The summed E-state index contributed by atoms with van der Waals surface area (Å²) < 4.78 is 0. The Kier molecular flexibility index (Phi) is 3.77. The first-order chi connectivity index (χ1) is 6.79. The van der Waals surface area contributed by atoms with E-state index in [0.717, 1.165) is 5.92 Å². The molecule has 0 radical (unpaired) electrons. The molecule has 0 aliphatic carbocycles. The van der Waals surface area contributed by atoms with Crippen LogP contribution >= 0.6 is 0 Å². The van der Waals surface area contributed by atoms with Gasteiger partial charge in [0.1, 0.15) is 0 Å². The van der Waals surface area contributed by atoms with Gasteiger partial charge in [0, 0.05) is 8.07 Å². The molecule has 1 aromatic carbocycles. The zero-order valence-corrected chi connectivity index (χ0v) is 12.0. The normalized spacial score (nSPS) is 14.0. The van der Waals surface area contributed by atoms with Crippen molar-refractivity contribution in [2.45, 2.75) is 52.4 Å². The predicted octanol–water partition coefficient (Wildman–Crippen LogP) is 4.75. The first-order valence-electron chi connectivity index (χ1n) is 5.87. The minimum Gasteiger partial charge on any atom is -0.0695 e. The quantitative estimate of drug-likeness (QED) is 0.645. The number of aryl methyl sites for hydroxylation is 2. The van der Waals surface area contributed by atoms with Crippen molar-refractivity contribution in [3.63, 3.8) is 0 Å². The molecule has 1 aromatic rings. The largest absolute Gasteiger partial charge is 0.0695 e. The van der Waals surface area contributed by atoms with Crippen LogP contribution < -0.4 is 0 Å². The smallest absolute Gasteiger partial charge is 0.0448 e. The molecule has 0 aliphatic rings.